The van der Waals surface area contributed by atoms with Gasteiger partial charge in [0.15, 0.2) is 0 Å². The molecule has 0 unspecified atom stereocenters. The summed E-state index contributed by atoms with van der Waals surface area (Å²) in [5, 5.41) is 12.8. The molecule has 22 heavy (non-hydrogen) atoms. The molecule has 2 amide bonds. The molecule has 2 N–H and O–H groups in total. The lowest BCUT2D eigenvalue weighted by molar-refractivity contribution is 0.122. The number of aromatic nitrogens is 4. The second-order valence-electron chi connectivity index (χ2n) is 4.41. The average Bonchev–Trinajstić information content (AvgIpc) is 3.05. The molecule has 2 rings (SSSR count). The van der Waals surface area contributed by atoms with Crippen LogP contribution in [-0.2, 0) is 17.8 Å². The maximum atomic E-state index is 12.2. The van der Waals surface area contributed by atoms with Gasteiger partial charge < -0.3 is 15.4 Å². The van der Waals surface area contributed by atoms with Crippen molar-refractivity contribution in [3.8, 4) is 0 Å². The number of rotatable bonds is 7. The van der Waals surface area contributed by atoms with Crippen LogP contribution in [0.2, 0.25) is 0 Å². The molecule has 0 aliphatic rings. The summed E-state index contributed by atoms with van der Waals surface area (Å²) in [6, 6.07) is -0.511. The van der Waals surface area contributed by atoms with E-state index in [0.717, 1.165) is 4.68 Å². The number of urea groups is 1. The predicted molar refractivity (Wildman–Crippen MR) is 75.0 cm³/mol. The van der Waals surface area contributed by atoms with Crippen molar-refractivity contribution in [2.75, 3.05) is 24.4 Å². The van der Waals surface area contributed by atoms with Crippen molar-refractivity contribution in [3.63, 3.8) is 0 Å². The van der Waals surface area contributed by atoms with E-state index in [0.29, 0.717) is 24.5 Å². The molecular formula is C12H16F2N6O2. The first-order valence-electron chi connectivity index (χ1n) is 6.47. The molecule has 0 aliphatic carbocycles. The van der Waals surface area contributed by atoms with Crippen LogP contribution in [0.1, 0.15) is 0 Å². The zero-order valence-corrected chi connectivity index (χ0v) is 11.9. The Morgan fingerprint density at radius 3 is 2.41 bits per heavy atom. The smallest absolute Gasteiger partial charge is 0.323 e. The fourth-order valence-electron chi connectivity index (χ4n) is 1.70. The van der Waals surface area contributed by atoms with Gasteiger partial charge in [-0.15, -0.1) is 0 Å². The van der Waals surface area contributed by atoms with Crippen molar-refractivity contribution in [1.29, 1.82) is 0 Å². The summed E-state index contributed by atoms with van der Waals surface area (Å²) < 4.78 is 32.0. The molecule has 2 heterocycles. The molecule has 0 fully saturated rings. The summed E-state index contributed by atoms with van der Waals surface area (Å²) in [6.07, 6.45) is 3.27. The van der Waals surface area contributed by atoms with Gasteiger partial charge in [0, 0.05) is 19.5 Å². The number of amides is 2. The van der Waals surface area contributed by atoms with Crippen molar-refractivity contribution in [3.05, 3.63) is 24.8 Å². The molecule has 0 aliphatic heterocycles. The topological polar surface area (TPSA) is 86.0 Å². The Hall–Kier alpha value is -2.49. The van der Waals surface area contributed by atoms with Crippen LogP contribution in [0.3, 0.4) is 0 Å². The van der Waals surface area contributed by atoms with Crippen LogP contribution in [0.25, 0.3) is 0 Å². The highest BCUT2D eigenvalue weighted by Crippen LogP contribution is 2.09. The average molecular weight is 314 g/mol. The van der Waals surface area contributed by atoms with Gasteiger partial charge in [-0.2, -0.15) is 10.2 Å². The largest absolute Gasteiger partial charge is 0.383 e. The molecule has 0 aromatic carbocycles. The van der Waals surface area contributed by atoms with Crippen LogP contribution >= 0.6 is 0 Å². The molecule has 0 spiro atoms. The van der Waals surface area contributed by atoms with Crippen LogP contribution in [-0.4, -0.2) is 45.7 Å². The monoisotopic (exact) mass is 314 g/mol. The Kier molecular flexibility index (Phi) is 5.42. The molecule has 0 bridgehead atoms. The fourth-order valence-corrected chi connectivity index (χ4v) is 1.70. The number of nitrogens with one attached hydrogen (secondary N) is 2. The van der Waals surface area contributed by atoms with Crippen molar-refractivity contribution in [1.82, 2.24) is 19.6 Å². The zero-order chi connectivity index (χ0) is 15.9. The first-order chi connectivity index (χ1) is 10.6. The molecule has 8 nitrogen and oxygen atoms in total. The second-order valence-corrected chi connectivity index (χ2v) is 4.41. The van der Waals surface area contributed by atoms with Crippen molar-refractivity contribution in [2.45, 2.75) is 19.5 Å². The minimum absolute atomic E-state index is 0.324. The quantitative estimate of drug-likeness (QED) is 0.813. The lowest BCUT2D eigenvalue weighted by Crippen LogP contribution is -2.18. The molecule has 10 heteroatoms. The highest BCUT2D eigenvalue weighted by molar-refractivity contribution is 5.99. The summed E-state index contributed by atoms with van der Waals surface area (Å²) in [7, 11) is 1.59. The van der Waals surface area contributed by atoms with E-state index in [1.165, 1.54) is 18.6 Å². The lowest BCUT2D eigenvalue weighted by Gasteiger charge is -2.03. The van der Waals surface area contributed by atoms with E-state index in [9.17, 15) is 13.6 Å². The number of carbonyl (C=O) groups is 1. The third-order valence-corrected chi connectivity index (χ3v) is 2.63. The maximum absolute atomic E-state index is 12.2. The van der Waals surface area contributed by atoms with Gasteiger partial charge in [0.25, 0.3) is 6.43 Å². The first-order valence-corrected chi connectivity index (χ1v) is 6.47. The number of halogens is 2. The molecule has 0 radical (unpaired) electrons. The Morgan fingerprint density at radius 2 is 1.82 bits per heavy atom. The van der Waals surface area contributed by atoms with E-state index in [1.54, 1.807) is 18.0 Å². The van der Waals surface area contributed by atoms with Crippen LogP contribution in [0, 0.1) is 0 Å². The van der Waals surface area contributed by atoms with Gasteiger partial charge in [-0.25, -0.2) is 13.6 Å². The number of alkyl halides is 2. The molecule has 0 saturated carbocycles. The van der Waals surface area contributed by atoms with Crippen molar-refractivity contribution in [2.24, 2.45) is 0 Å². The van der Waals surface area contributed by atoms with Gasteiger partial charge >= 0.3 is 6.03 Å². The highest BCUT2D eigenvalue weighted by atomic mass is 19.3. The van der Waals surface area contributed by atoms with E-state index in [-0.39, 0.29) is 0 Å². The van der Waals surface area contributed by atoms with Gasteiger partial charge in [-0.3, -0.25) is 9.36 Å². The number of hydrogen-bond acceptors (Lipinski definition) is 4. The molecule has 0 atom stereocenters. The van der Waals surface area contributed by atoms with Gasteiger partial charge in [0.2, 0.25) is 0 Å². The molecule has 120 valence electrons. The van der Waals surface area contributed by atoms with Gasteiger partial charge in [0.1, 0.15) is 6.54 Å². The Balaban J connectivity index is 1.84. The highest BCUT2D eigenvalue weighted by Gasteiger charge is 2.09. The van der Waals surface area contributed by atoms with E-state index >= 15 is 0 Å². The van der Waals surface area contributed by atoms with Gasteiger partial charge in [-0.1, -0.05) is 0 Å². The summed E-state index contributed by atoms with van der Waals surface area (Å²) in [6.45, 7) is 0.562. The number of anilines is 2. The van der Waals surface area contributed by atoms with Crippen LogP contribution < -0.4 is 10.6 Å². The molecule has 0 saturated heterocycles. The summed E-state index contributed by atoms with van der Waals surface area (Å²) in [5.74, 6) is 0. The van der Waals surface area contributed by atoms with Crippen LogP contribution in [0.15, 0.2) is 24.8 Å². The molecular weight excluding hydrogens is 298 g/mol. The summed E-state index contributed by atoms with van der Waals surface area (Å²) in [4.78, 5) is 11.8. The second kappa shape index (κ2) is 7.50. The number of nitrogens with zero attached hydrogens (tertiary/aromatic N) is 4. The van der Waals surface area contributed by atoms with Gasteiger partial charge in [-0.05, 0) is 0 Å². The summed E-state index contributed by atoms with van der Waals surface area (Å²) >= 11 is 0. The molecule has 2 aromatic heterocycles. The van der Waals surface area contributed by atoms with E-state index in [2.05, 4.69) is 20.8 Å². The predicted octanol–water partition coefficient (Wildman–Crippen LogP) is 1.64. The number of ether oxygens (including phenoxy) is 1. The van der Waals surface area contributed by atoms with E-state index in [4.69, 9.17) is 4.74 Å². The number of methoxy groups -OCH3 is 1. The standard InChI is InChI=1S/C12H16F2N6O2/c1-22-3-2-19-6-9(4-15-19)17-12(21)18-10-5-16-20(7-10)8-11(13)14/h4-7,11H,2-3,8H2,1H3,(H2,17,18,21). The fraction of sp³-hybridized carbons (Fsp3) is 0.417. The Morgan fingerprint density at radius 1 is 1.23 bits per heavy atom. The number of hydrogen-bond donors (Lipinski definition) is 2. The first kappa shape index (κ1) is 15.9. The van der Waals surface area contributed by atoms with Crippen LogP contribution in [0.5, 0.6) is 0 Å². The Bertz CT molecular complexity index is 612. The third-order valence-electron chi connectivity index (χ3n) is 2.63. The lowest BCUT2D eigenvalue weighted by atomic mass is 10.5. The zero-order valence-electron chi connectivity index (χ0n) is 11.9. The van der Waals surface area contributed by atoms with Gasteiger partial charge in [0.05, 0.1) is 36.9 Å². The minimum atomic E-state index is -2.50. The SMILES string of the molecule is COCCn1cc(NC(=O)Nc2cnn(CC(F)F)c2)cn1. The van der Waals surface area contributed by atoms with E-state index < -0.39 is 19.0 Å². The minimum Gasteiger partial charge on any atom is -0.383 e. The normalized spacial score (nSPS) is 10.9. The number of carbonyl (C=O) groups excluding carboxylic acids is 1. The maximum Gasteiger partial charge on any atom is 0.323 e. The molecule has 2 aromatic rings. The third kappa shape index (κ3) is 4.81. The van der Waals surface area contributed by atoms with Crippen molar-refractivity contribution < 1.29 is 18.3 Å². The Labute approximate surface area is 125 Å². The van der Waals surface area contributed by atoms with Crippen molar-refractivity contribution >= 4 is 17.4 Å². The van der Waals surface area contributed by atoms with E-state index in [1.807, 2.05) is 0 Å². The van der Waals surface area contributed by atoms with Crippen LogP contribution in [0.4, 0.5) is 25.0 Å². The summed E-state index contributed by atoms with van der Waals surface area (Å²) in [5.41, 5.74) is 0.832.